The lowest BCUT2D eigenvalue weighted by atomic mass is 10.1. The van der Waals surface area contributed by atoms with Crippen molar-refractivity contribution in [1.82, 2.24) is 10.6 Å². The highest BCUT2D eigenvalue weighted by atomic mass is 79.9. The number of piperidine rings is 1. The second-order valence-electron chi connectivity index (χ2n) is 5.36. The van der Waals surface area contributed by atoms with Crippen LogP contribution in [0.15, 0.2) is 22.7 Å². The Kier molecular flexibility index (Phi) is 5.43. The Morgan fingerprint density at radius 1 is 1.45 bits per heavy atom. The largest absolute Gasteiger partial charge is 0.491 e. The summed E-state index contributed by atoms with van der Waals surface area (Å²) in [7, 11) is 0. The van der Waals surface area contributed by atoms with E-state index in [-0.39, 0.29) is 18.1 Å². The van der Waals surface area contributed by atoms with E-state index in [0.29, 0.717) is 11.3 Å². The molecule has 1 saturated heterocycles. The first-order chi connectivity index (χ1) is 9.54. The molecule has 0 bridgehead atoms. The topological polar surface area (TPSA) is 50.4 Å². The lowest BCUT2D eigenvalue weighted by Crippen LogP contribution is -2.45. The van der Waals surface area contributed by atoms with Gasteiger partial charge in [-0.3, -0.25) is 4.79 Å². The number of amides is 1. The van der Waals surface area contributed by atoms with Crippen LogP contribution in [0.4, 0.5) is 0 Å². The molecule has 110 valence electrons. The van der Waals surface area contributed by atoms with Crippen LogP contribution in [0, 0.1) is 0 Å². The second-order valence-corrected chi connectivity index (χ2v) is 6.27. The van der Waals surface area contributed by atoms with Crippen molar-refractivity contribution in [3.63, 3.8) is 0 Å². The fourth-order valence-corrected chi connectivity index (χ4v) is 2.75. The van der Waals surface area contributed by atoms with Gasteiger partial charge in [-0.25, -0.2) is 0 Å². The van der Waals surface area contributed by atoms with Crippen molar-refractivity contribution in [1.29, 1.82) is 0 Å². The molecule has 1 aromatic carbocycles. The van der Waals surface area contributed by atoms with Gasteiger partial charge in [-0.05, 0) is 51.4 Å². The first-order valence-electron chi connectivity index (χ1n) is 7.03. The summed E-state index contributed by atoms with van der Waals surface area (Å²) in [6.07, 6.45) is 2.22. The van der Waals surface area contributed by atoms with Crippen LogP contribution in [0.5, 0.6) is 5.75 Å². The Bertz CT molecular complexity index is 471. The zero-order chi connectivity index (χ0) is 14.5. The standard InChI is InChI=1S/C15H21BrN2O2/c1-10(2)20-14-7-11(6-12(16)8-14)15(19)18-13-4-3-5-17-9-13/h6-8,10,13,17H,3-5,9H2,1-2H3,(H,18,19)/t13-/m0/s1. The maximum absolute atomic E-state index is 12.3. The number of ether oxygens (including phenoxy) is 1. The van der Waals surface area contributed by atoms with Crippen LogP contribution in [-0.4, -0.2) is 31.1 Å². The van der Waals surface area contributed by atoms with Crippen LogP contribution in [0.1, 0.15) is 37.0 Å². The molecule has 1 aliphatic rings. The van der Waals surface area contributed by atoms with Crippen molar-refractivity contribution >= 4 is 21.8 Å². The second kappa shape index (κ2) is 7.09. The number of halogens is 1. The molecule has 1 aliphatic heterocycles. The van der Waals surface area contributed by atoms with Gasteiger partial charge >= 0.3 is 0 Å². The molecule has 1 atom stereocenters. The number of hydrogen-bond donors (Lipinski definition) is 2. The van der Waals surface area contributed by atoms with Crippen LogP contribution in [-0.2, 0) is 0 Å². The molecule has 0 aliphatic carbocycles. The molecule has 2 rings (SSSR count). The van der Waals surface area contributed by atoms with Gasteiger partial charge in [-0.1, -0.05) is 15.9 Å². The number of hydrogen-bond acceptors (Lipinski definition) is 3. The molecule has 20 heavy (non-hydrogen) atoms. The molecule has 1 amide bonds. The van der Waals surface area contributed by atoms with Crippen molar-refractivity contribution in [2.45, 2.75) is 38.8 Å². The van der Waals surface area contributed by atoms with Crippen molar-refractivity contribution in [2.24, 2.45) is 0 Å². The van der Waals surface area contributed by atoms with Gasteiger partial charge in [0, 0.05) is 22.6 Å². The number of rotatable bonds is 4. The van der Waals surface area contributed by atoms with Gasteiger partial charge in [0.15, 0.2) is 0 Å². The van der Waals surface area contributed by atoms with Crippen LogP contribution >= 0.6 is 15.9 Å². The Balaban J connectivity index is 2.06. The molecule has 0 saturated carbocycles. The molecule has 1 aromatic rings. The molecular weight excluding hydrogens is 320 g/mol. The van der Waals surface area contributed by atoms with Gasteiger partial charge in [-0.15, -0.1) is 0 Å². The van der Waals surface area contributed by atoms with Crippen LogP contribution in [0.25, 0.3) is 0 Å². The van der Waals surface area contributed by atoms with Crippen LogP contribution in [0.3, 0.4) is 0 Å². The van der Waals surface area contributed by atoms with E-state index >= 15 is 0 Å². The van der Waals surface area contributed by atoms with Crippen molar-refractivity contribution in [2.75, 3.05) is 13.1 Å². The lowest BCUT2D eigenvalue weighted by Gasteiger charge is -2.24. The zero-order valence-corrected chi connectivity index (χ0v) is 13.5. The lowest BCUT2D eigenvalue weighted by molar-refractivity contribution is 0.0930. The monoisotopic (exact) mass is 340 g/mol. The minimum absolute atomic E-state index is 0.0476. The molecule has 0 radical (unpaired) electrons. The highest BCUT2D eigenvalue weighted by Crippen LogP contribution is 2.22. The number of carbonyl (C=O) groups is 1. The Morgan fingerprint density at radius 2 is 2.25 bits per heavy atom. The number of nitrogens with one attached hydrogen (secondary N) is 2. The van der Waals surface area contributed by atoms with E-state index in [1.165, 1.54) is 0 Å². The number of benzene rings is 1. The van der Waals surface area contributed by atoms with Crippen LogP contribution < -0.4 is 15.4 Å². The third-order valence-corrected chi connectivity index (χ3v) is 3.60. The molecule has 5 heteroatoms. The van der Waals surface area contributed by atoms with Gasteiger partial charge < -0.3 is 15.4 Å². The SMILES string of the molecule is CC(C)Oc1cc(Br)cc(C(=O)N[C@H]2CCCNC2)c1. The predicted octanol–water partition coefficient (Wildman–Crippen LogP) is 2.72. The molecule has 0 unspecified atom stereocenters. The summed E-state index contributed by atoms with van der Waals surface area (Å²) < 4.78 is 6.50. The van der Waals surface area contributed by atoms with Crippen LogP contribution in [0.2, 0.25) is 0 Å². The highest BCUT2D eigenvalue weighted by molar-refractivity contribution is 9.10. The summed E-state index contributed by atoms with van der Waals surface area (Å²) >= 11 is 3.42. The van der Waals surface area contributed by atoms with E-state index in [9.17, 15) is 4.79 Å². The molecule has 2 N–H and O–H groups in total. The molecular formula is C15H21BrN2O2. The summed E-state index contributed by atoms with van der Waals surface area (Å²) in [5, 5.41) is 6.36. The summed E-state index contributed by atoms with van der Waals surface area (Å²) in [5.74, 6) is 0.662. The van der Waals surface area contributed by atoms with E-state index in [0.717, 1.165) is 30.4 Å². The fourth-order valence-electron chi connectivity index (χ4n) is 2.28. The fraction of sp³-hybridized carbons (Fsp3) is 0.533. The molecule has 0 spiro atoms. The van der Waals surface area contributed by atoms with Gasteiger partial charge in [0.05, 0.1) is 6.10 Å². The quantitative estimate of drug-likeness (QED) is 0.885. The van der Waals surface area contributed by atoms with Gasteiger partial charge in [0.1, 0.15) is 5.75 Å². The summed E-state index contributed by atoms with van der Waals surface area (Å²) in [6, 6.07) is 5.69. The highest BCUT2D eigenvalue weighted by Gasteiger charge is 2.17. The third kappa shape index (κ3) is 4.49. The van der Waals surface area contributed by atoms with E-state index < -0.39 is 0 Å². The van der Waals surface area contributed by atoms with Gasteiger partial charge in [0.2, 0.25) is 0 Å². The Morgan fingerprint density at radius 3 is 2.90 bits per heavy atom. The first-order valence-corrected chi connectivity index (χ1v) is 7.82. The Hall–Kier alpha value is -1.07. The van der Waals surface area contributed by atoms with Crippen molar-refractivity contribution in [3.05, 3.63) is 28.2 Å². The molecule has 4 nitrogen and oxygen atoms in total. The Labute approximate surface area is 128 Å². The molecule has 1 heterocycles. The summed E-state index contributed by atoms with van der Waals surface area (Å²) in [4.78, 5) is 12.3. The maximum atomic E-state index is 12.3. The first kappa shape index (κ1) is 15.3. The van der Waals surface area contributed by atoms with E-state index in [4.69, 9.17) is 4.74 Å². The average molecular weight is 341 g/mol. The van der Waals surface area contributed by atoms with Crippen molar-refractivity contribution < 1.29 is 9.53 Å². The zero-order valence-electron chi connectivity index (χ0n) is 11.9. The molecule has 0 aromatic heterocycles. The maximum Gasteiger partial charge on any atom is 0.251 e. The van der Waals surface area contributed by atoms with E-state index in [1.54, 1.807) is 6.07 Å². The normalized spacial score (nSPS) is 18.9. The number of carbonyl (C=O) groups excluding carboxylic acids is 1. The molecule has 1 fully saturated rings. The van der Waals surface area contributed by atoms with E-state index in [2.05, 4.69) is 26.6 Å². The van der Waals surface area contributed by atoms with Crippen molar-refractivity contribution in [3.8, 4) is 5.75 Å². The minimum atomic E-state index is -0.0476. The van der Waals surface area contributed by atoms with E-state index in [1.807, 2.05) is 26.0 Å². The van der Waals surface area contributed by atoms with Gasteiger partial charge in [0.25, 0.3) is 5.91 Å². The average Bonchev–Trinajstić information content (AvgIpc) is 2.38. The minimum Gasteiger partial charge on any atom is -0.491 e. The predicted molar refractivity (Wildman–Crippen MR) is 83.3 cm³/mol. The summed E-state index contributed by atoms with van der Waals surface area (Å²) in [6.45, 7) is 5.81. The smallest absolute Gasteiger partial charge is 0.251 e. The third-order valence-electron chi connectivity index (χ3n) is 3.14. The summed E-state index contributed by atoms with van der Waals surface area (Å²) in [5.41, 5.74) is 0.626. The van der Waals surface area contributed by atoms with Gasteiger partial charge in [-0.2, -0.15) is 0 Å².